The molecular formula is C20H18F3NO7. The van der Waals surface area contributed by atoms with Gasteiger partial charge in [-0.15, -0.1) is 0 Å². The molecule has 0 atom stereocenters. The molecule has 8 nitrogen and oxygen atoms in total. The van der Waals surface area contributed by atoms with Crippen LogP contribution in [-0.4, -0.2) is 36.8 Å². The Morgan fingerprint density at radius 1 is 1.06 bits per heavy atom. The molecule has 0 aliphatic heterocycles. The van der Waals surface area contributed by atoms with Gasteiger partial charge in [0.1, 0.15) is 11.3 Å². The van der Waals surface area contributed by atoms with Crippen LogP contribution in [0.2, 0.25) is 0 Å². The number of hydrogen-bond acceptors (Lipinski definition) is 7. The first-order chi connectivity index (χ1) is 14.5. The SMILES string of the molecule is CCOC(=O)c1c(NC(=O)COC(=O)c2cccc(C(F)(F)F)c2)oc(C)c1C(C)=O. The van der Waals surface area contributed by atoms with Gasteiger partial charge in [0.2, 0.25) is 5.88 Å². The van der Waals surface area contributed by atoms with Crippen molar-refractivity contribution in [3.63, 3.8) is 0 Å². The number of hydrogen-bond donors (Lipinski definition) is 1. The zero-order valence-electron chi connectivity index (χ0n) is 16.7. The van der Waals surface area contributed by atoms with Gasteiger partial charge in [-0.1, -0.05) is 6.07 Å². The van der Waals surface area contributed by atoms with Gasteiger partial charge in [0, 0.05) is 0 Å². The number of amides is 1. The summed E-state index contributed by atoms with van der Waals surface area (Å²) >= 11 is 0. The van der Waals surface area contributed by atoms with E-state index in [1.165, 1.54) is 13.8 Å². The number of esters is 2. The zero-order chi connectivity index (χ0) is 23.3. The van der Waals surface area contributed by atoms with E-state index in [-0.39, 0.29) is 29.4 Å². The fourth-order valence-corrected chi connectivity index (χ4v) is 2.65. The molecule has 0 fully saturated rings. The lowest BCUT2D eigenvalue weighted by Gasteiger charge is -2.09. The van der Waals surface area contributed by atoms with Gasteiger partial charge in [0.25, 0.3) is 5.91 Å². The second-order valence-corrected chi connectivity index (χ2v) is 6.22. The minimum Gasteiger partial charge on any atom is -0.462 e. The molecule has 0 aliphatic rings. The van der Waals surface area contributed by atoms with Crippen molar-refractivity contribution in [1.82, 2.24) is 0 Å². The first-order valence-electron chi connectivity index (χ1n) is 8.91. The van der Waals surface area contributed by atoms with Crippen molar-refractivity contribution in [2.75, 3.05) is 18.5 Å². The molecule has 1 aromatic heterocycles. The molecular weight excluding hydrogens is 423 g/mol. The Morgan fingerprint density at radius 3 is 2.32 bits per heavy atom. The van der Waals surface area contributed by atoms with Crippen LogP contribution in [0.3, 0.4) is 0 Å². The van der Waals surface area contributed by atoms with Crippen LogP contribution < -0.4 is 5.32 Å². The minimum atomic E-state index is -4.65. The quantitative estimate of drug-likeness (QED) is 0.514. The summed E-state index contributed by atoms with van der Waals surface area (Å²) in [5.41, 5.74) is -1.81. The third kappa shape index (κ3) is 5.71. The highest BCUT2D eigenvalue weighted by Crippen LogP contribution is 2.30. The van der Waals surface area contributed by atoms with Crippen LogP contribution in [0.15, 0.2) is 28.7 Å². The topological polar surface area (TPSA) is 112 Å². The number of carbonyl (C=O) groups is 4. The number of carbonyl (C=O) groups excluding carboxylic acids is 4. The number of halogens is 3. The number of ketones is 1. The molecule has 0 aliphatic carbocycles. The maximum Gasteiger partial charge on any atom is 0.416 e. The van der Waals surface area contributed by atoms with E-state index in [2.05, 4.69) is 5.32 Å². The summed E-state index contributed by atoms with van der Waals surface area (Å²) in [6.07, 6.45) is -4.65. The lowest BCUT2D eigenvalue weighted by atomic mass is 10.1. The van der Waals surface area contributed by atoms with Crippen LogP contribution in [0.1, 0.15) is 56.2 Å². The fourth-order valence-electron chi connectivity index (χ4n) is 2.65. The molecule has 0 spiro atoms. The lowest BCUT2D eigenvalue weighted by Crippen LogP contribution is -2.22. The van der Waals surface area contributed by atoms with E-state index < -0.39 is 47.5 Å². The van der Waals surface area contributed by atoms with Crippen molar-refractivity contribution in [2.45, 2.75) is 26.9 Å². The molecule has 1 heterocycles. The number of aryl methyl sites for hydroxylation is 1. The number of anilines is 1. The van der Waals surface area contributed by atoms with E-state index in [9.17, 15) is 32.3 Å². The van der Waals surface area contributed by atoms with Crippen LogP contribution in [0.25, 0.3) is 0 Å². The zero-order valence-corrected chi connectivity index (χ0v) is 16.7. The molecule has 1 N–H and O–H groups in total. The summed E-state index contributed by atoms with van der Waals surface area (Å²) in [6.45, 7) is 3.27. The van der Waals surface area contributed by atoms with Crippen molar-refractivity contribution in [3.05, 3.63) is 52.3 Å². The van der Waals surface area contributed by atoms with E-state index >= 15 is 0 Å². The fraction of sp³-hybridized carbons (Fsp3) is 0.300. The first-order valence-corrected chi connectivity index (χ1v) is 8.91. The monoisotopic (exact) mass is 441 g/mol. The van der Waals surface area contributed by atoms with Gasteiger partial charge in [-0.2, -0.15) is 13.2 Å². The smallest absolute Gasteiger partial charge is 0.416 e. The highest BCUT2D eigenvalue weighted by atomic mass is 19.4. The highest BCUT2D eigenvalue weighted by Gasteiger charge is 2.31. The Morgan fingerprint density at radius 2 is 1.74 bits per heavy atom. The summed E-state index contributed by atoms with van der Waals surface area (Å²) in [7, 11) is 0. The number of furan rings is 1. The van der Waals surface area contributed by atoms with Crippen LogP contribution in [-0.2, 0) is 20.4 Å². The van der Waals surface area contributed by atoms with Gasteiger partial charge < -0.3 is 13.9 Å². The molecule has 0 bridgehead atoms. The molecule has 1 aromatic carbocycles. The maximum absolute atomic E-state index is 12.7. The second-order valence-electron chi connectivity index (χ2n) is 6.22. The van der Waals surface area contributed by atoms with Crippen LogP contribution >= 0.6 is 0 Å². The van der Waals surface area contributed by atoms with Gasteiger partial charge in [-0.3, -0.25) is 14.9 Å². The molecule has 0 saturated heterocycles. The average molecular weight is 441 g/mol. The Hall–Kier alpha value is -3.63. The lowest BCUT2D eigenvalue weighted by molar-refractivity contribution is -0.137. The Kier molecular flexibility index (Phi) is 7.21. The number of alkyl halides is 3. The standard InChI is InChI=1S/C20H18F3NO7/c1-4-29-19(28)16-15(10(2)25)11(3)31-17(16)24-14(26)9-30-18(27)12-6-5-7-13(8-12)20(21,22)23/h5-8H,4,9H2,1-3H3,(H,24,26). The van der Waals surface area contributed by atoms with Gasteiger partial charge in [-0.05, 0) is 39.0 Å². The Labute approximate surface area is 174 Å². The molecule has 0 radical (unpaired) electrons. The normalized spacial score (nSPS) is 11.0. The summed E-state index contributed by atoms with van der Waals surface area (Å²) in [5.74, 6) is -3.82. The molecule has 0 saturated carbocycles. The average Bonchev–Trinajstić information content (AvgIpc) is 3.01. The van der Waals surface area contributed by atoms with E-state index in [0.717, 1.165) is 18.2 Å². The molecule has 2 rings (SSSR count). The van der Waals surface area contributed by atoms with Gasteiger partial charge >= 0.3 is 18.1 Å². The molecule has 31 heavy (non-hydrogen) atoms. The Bertz CT molecular complexity index is 1020. The first kappa shape index (κ1) is 23.6. The van der Waals surface area contributed by atoms with Crippen LogP contribution in [0, 0.1) is 6.92 Å². The van der Waals surface area contributed by atoms with E-state index in [0.29, 0.717) is 6.07 Å². The van der Waals surface area contributed by atoms with Crippen LogP contribution in [0.5, 0.6) is 0 Å². The summed E-state index contributed by atoms with van der Waals surface area (Å²) in [6, 6.07) is 3.50. The molecule has 11 heteroatoms. The van der Waals surface area contributed by atoms with E-state index in [1.54, 1.807) is 6.92 Å². The predicted molar refractivity (Wildman–Crippen MR) is 99.8 cm³/mol. The Balaban J connectivity index is 2.13. The third-order valence-corrected chi connectivity index (χ3v) is 3.93. The van der Waals surface area contributed by atoms with Crippen molar-refractivity contribution < 1.29 is 46.2 Å². The van der Waals surface area contributed by atoms with Crippen LogP contribution in [0.4, 0.5) is 19.1 Å². The summed E-state index contributed by atoms with van der Waals surface area (Å²) in [4.78, 5) is 48.1. The predicted octanol–water partition coefficient (Wildman–Crippen LogP) is 3.78. The molecule has 1 amide bonds. The largest absolute Gasteiger partial charge is 0.462 e. The molecule has 2 aromatic rings. The molecule has 166 valence electrons. The minimum absolute atomic E-state index is 0.00238. The van der Waals surface area contributed by atoms with Gasteiger partial charge in [0.15, 0.2) is 12.4 Å². The number of Topliss-reactive ketones (excluding diaryl/α,β-unsaturated/α-hetero) is 1. The summed E-state index contributed by atoms with van der Waals surface area (Å²) < 4.78 is 53.1. The van der Waals surface area contributed by atoms with Gasteiger partial charge in [-0.25, -0.2) is 9.59 Å². The number of ether oxygens (including phenoxy) is 2. The number of nitrogens with one attached hydrogen (secondary N) is 1. The number of rotatable bonds is 7. The molecule has 0 unspecified atom stereocenters. The van der Waals surface area contributed by atoms with Gasteiger partial charge in [0.05, 0.1) is 23.3 Å². The van der Waals surface area contributed by atoms with E-state index in [1.807, 2.05) is 0 Å². The summed E-state index contributed by atoms with van der Waals surface area (Å²) in [5, 5.41) is 2.19. The number of benzene rings is 1. The van der Waals surface area contributed by atoms with Crippen molar-refractivity contribution in [2.24, 2.45) is 0 Å². The highest BCUT2D eigenvalue weighted by molar-refractivity contribution is 6.10. The van der Waals surface area contributed by atoms with Crippen molar-refractivity contribution in [1.29, 1.82) is 0 Å². The van der Waals surface area contributed by atoms with Crippen molar-refractivity contribution >= 4 is 29.5 Å². The van der Waals surface area contributed by atoms with E-state index in [4.69, 9.17) is 13.9 Å². The van der Waals surface area contributed by atoms with Crippen molar-refractivity contribution in [3.8, 4) is 0 Å². The second kappa shape index (κ2) is 9.45. The third-order valence-electron chi connectivity index (χ3n) is 3.93. The maximum atomic E-state index is 12.7.